The van der Waals surface area contributed by atoms with Gasteiger partial charge in [0.2, 0.25) is 0 Å². The zero-order valence-electron chi connectivity index (χ0n) is 8.28. The minimum absolute atomic E-state index is 0.00954. The van der Waals surface area contributed by atoms with Crippen LogP contribution in [0.4, 0.5) is 8.78 Å². The molecule has 16 heavy (non-hydrogen) atoms. The third-order valence-electron chi connectivity index (χ3n) is 1.87. The largest absolute Gasteiger partial charge is 0.507 e. The number of phenolic OH excluding ortho intramolecular Hbond substituents is 1. The zero-order valence-corrected chi connectivity index (χ0v) is 9.87. The van der Waals surface area contributed by atoms with Crippen LogP contribution in [-0.2, 0) is 4.79 Å². The molecule has 1 atom stereocenters. The standard InChI is InChI=1S/C10H9BrF2O3/c1-5(14)9(11)8-6(15)3-2-4-7(8)16-10(12)13/h2-4,9-10,15H,1H3. The number of ketones is 1. The van der Waals surface area contributed by atoms with Gasteiger partial charge >= 0.3 is 6.61 Å². The minimum Gasteiger partial charge on any atom is -0.507 e. The van der Waals surface area contributed by atoms with Gasteiger partial charge in [-0.1, -0.05) is 22.0 Å². The van der Waals surface area contributed by atoms with Crippen LogP contribution in [0.15, 0.2) is 18.2 Å². The van der Waals surface area contributed by atoms with Gasteiger partial charge < -0.3 is 9.84 Å². The first-order chi connectivity index (χ1) is 7.43. The molecule has 1 rings (SSSR count). The van der Waals surface area contributed by atoms with Crippen molar-refractivity contribution in [2.24, 2.45) is 0 Å². The van der Waals surface area contributed by atoms with Gasteiger partial charge in [-0.2, -0.15) is 8.78 Å². The zero-order chi connectivity index (χ0) is 12.3. The highest BCUT2D eigenvalue weighted by Gasteiger charge is 2.22. The van der Waals surface area contributed by atoms with Gasteiger partial charge in [-0.3, -0.25) is 4.79 Å². The van der Waals surface area contributed by atoms with Gasteiger partial charge in [-0.15, -0.1) is 0 Å². The molecule has 0 radical (unpaired) electrons. The summed E-state index contributed by atoms with van der Waals surface area (Å²) in [6.45, 7) is -1.73. The minimum atomic E-state index is -3.01. The molecule has 0 aliphatic carbocycles. The van der Waals surface area contributed by atoms with Crippen LogP contribution in [0.2, 0.25) is 0 Å². The predicted octanol–water partition coefficient (Wildman–Crippen LogP) is 3.02. The third kappa shape index (κ3) is 2.91. The lowest BCUT2D eigenvalue weighted by Crippen LogP contribution is -2.08. The number of hydrogen-bond donors (Lipinski definition) is 1. The van der Waals surface area contributed by atoms with Gasteiger partial charge in [0.05, 0.1) is 5.56 Å². The van der Waals surface area contributed by atoms with Crippen LogP contribution >= 0.6 is 15.9 Å². The van der Waals surface area contributed by atoms with Crippen molar-refractivity contribution in [3.8, 4) is 11.5 Å². The predicted molar refractivity (Wildman–Crippen MR) is 57.1 cm³/mol. The second-order valence-corrected chi connectivity index (χ2v) is 3.96. The first-order valence-corrected chi connectivity index (χ1v) is 5.26. The van der Waals surface area contributed by atoms with E-state index in [9.17, 15) is 18.7 Å². The number of halogens is 3. The fourth-order valence-corrected chi connectivity index (χ4v) is 1.65. The normalized spacial score (nSPS) is 12.6. The molecule has 0 spiro atoms. The summed E-state index contributed by atoms with van der Waals surface area (Å²) >= 11 is 3.01. The Hall–Kier alpha value is -1.17. The SMILES string of the molecule is CC(=O)C(Br)c1c(O)cccc1OC(F)F. The van der Waals surface area contributed by atoms with E-state index in [0.717, 1.165) is 0 Å². The number of benzene rings is 1. The number of phenols is 1. The highest BCUT2D eigenvalue weighted by atomic mass is 79.9. The Kier molecular flexibility index (Phi) is 4.23. The molecule has 0 bridgehead atoms. The second kappa shape index (κ2) is 5.25. The lowest BCUT2D eigenvalue weighted by molar-refractivity contribution is -0.116. The molecule has 1 aromatic carbocycles. The molecule has 0 aromatic heterocycles. The number of rotatable bonds is 4. The van der Waals surface area contributed by atoms with Gasteiger partial charge in [-0.25, -0.2) is 0 Å². The van der Waals surface area contributed by atoms with Crippen LogP contribution in [0.5, 0.6) is 11.5 Å². The van der Waals surface area contributed by atoms with Crippen molar-refractivity contribution in [1.82, 2.24) is 0 Å². The molecule has 0 amide bonds. The number of aromatic hydroxyl groups is 1. The van der Waals surface area contributed by atoms with Crippen LogP contribution < -0.4 is 4.74 Å². The number of carbonyl (C=O) groups excluding carboxylic acids is 1. The van der Waals surface area contributed by atoms with Crippen molar-refractivity contribution >= 4 is 21.7 Å². The molecule has 0 saturated heterocycles. The summed E-state index contributed by atoms with van der Waals surface area (Å²) in [5.74, 6) is -0.803. The van der Waals surface area contributed by atoms with Crippen LogP contribution in [-0.4, -0.2) is 17.5 Å². The van der Waals surface area contributed by atoms with E-state index in [1.54, 1.807) is 0 Å². The third-order valence-corrected chi connectivity index (χ3v) is 2.97. The molecule has 0 aliphatic heterocycles. The lowest BCUT2D eigenvalue weighted by Gasteiger charge is -2.14. The summed E-state index contributed by atoms with van der Waals surface area (Å²) < 4.78 is 28.4. The molecular weight excluding hydrogens is 286 g/mol. The maximum Gasteiger partial charge on any atom is 0.387 e. The van der Waals surface area contributed by atoms with Crippen molar-refractivity contribution in [1.29, 1.82) is 0 Å². The van der Waals surface area contributed by atoms with E-state index in [1.165, 1.54) is 25.1 Å². The van der Waals surface area contributed by atoms with Crippen LogP contribution in [0.3, 0.4) is 0 Å². The molecule has 0 saturated carbocycles. The summed E-state index contributed by atoms with van der Waals surface area (Å²) in [4.78, 5) is 10.3. The van der Waals surface area contributed by atoms with Gasteiger partial charge in [-0.05, 0) is 19.1 Å². The van der Waals surface area contributed by atoms with Crippen LogP contribution in [0, 0.1) is 0 Å². The summed E-state index contributed by atoms with van der Waals surface area (Å²) in [6.07, 6.45) is 0. The highest BCUT2D eigenvalue weighted by molar-refractivity contribution is 9.09. The molecular formula is C10H9BrF2O3. The van der Waals surface area contributed by atoms with E-state index in [-0.39, 0.29) is 22.8 Å². The van der Waals surface area contributed by atoms with Gasteiger partial charge in [0.25, 0.3) is 0 Å². The second-order valence-electron chi connectivity index (χ2n) is 3.04. The molecule has 0 aliphatic rings. The molecule has 0 heterocycles. The molecule has 0 fully saturated rings. The lowest BCUT2D eigenvalue weighted by atomic mass is 10.1. The Morgan fingerprint density at radius 3 is 2.62 bits per heavy atom. The Morgan fingerprint density at radius 1 is 1.50 bits per heavy atom. The Balaban J connectivity index is 3.17. The van der Waals surface area contributed by atoms with E-state index >= 15 is 0 Å². The Morgan fingerprint density at radius 2 is 2.12 bits per heavy atom. The van der Waals surface area contributed by atoms with E-state index in [0.29, 0.717) is 0 Å². The van der Waals surface area contributed by atoms with Crippen molar-refractivity contribution in [3.05, 3.63) is 23.8 Å². The van der Waals surface area contributed by atoms with Gasteiger partial charge in [0.1, 0.15) is 22.1 Å². The fraction of sp³-hybridized carbons (Fsp3) is 0.300. The number of ether oxygens (including phenoxy) is 1. The van der Waals surface area contributed by atoms with Crippen LogP contribution in [0.25, 0.3) is 0 Å². The van der Waals surface area contributed by atoms with Crippen molar-refractivity contribution in [2.75, 3.05) is 0 Å². The summed E-state index contributed by atoms with van der Waals surface area (Å²) in [6, 6.07) is 3.92. The smallest absolute Gasteiger partial charge is 0.387 e. The first kappa shape index (κ1) is 12.9. The van der Waals surface area contributed by atoms with E-state index in [1.807, 2.05) is 0 Å². The van der Waals surface area contributed by atoms with E-state index < -0.39 is 11.4 Å². The van der Waals surface area contributed by atoms with Crippen molar-refractivity contribution < 1.29 is 23.4 Å². The summed E-state index contributed by atoms with van der Waals surface area (Å²) in [5, 5.41) is 9.52. The average Bonchev–Trinajstić information content (AvgIpc) is 2.16. The quantitative estimate of drug-likeness (QED) is 0.869. The molecule has 1 aromatic rings. The first-order valence-electron chi connectivity index (χ1n) is 4.34. The van der Waals surface area contributed by atoms with Gasteiger partial charge in [0.15, 0.2) is 0 Å². The average molecular weight is 295 g/mol. The van der Waals surface area contributed by atoms with Crippen molar-refractivity contribution in [3.63, 3.8) is 0 Å². The highest BCUT2D eigenvalue weighted by Crippen LogP contribution is 2.38. The van der Waals surface area contributed by atoms with Crippen LogP contribution in [0.1, 0.15) is 17.3 Å². The number of Topliss-reactive ketones (excluding diaryl/α,β-unsaturated/α-hetero) is 1. The monoisotopic (exact) mass is 294 g/mol. The molecule has 1 unspecified atom stereocenters. The Labute approximate surface area is 99.2 Å². The number of hydrogen-bond acceptors (Lipinski definition) is 3. The van der Waals surface area contributed by atoms with E-state index in [2.05, 4.69) is 20.7 Å². The molecule has 1 N–H and O–H groups in total. The molecule has 88 valence electrons. The summed E-state index contributed by atoms with van der Waals surface area (Å²) in [5.41, 5.74) is 0.00954. The topological polar surface area (TPSA) is 46.5 Å². The van der Waals surface area contributed by atoms with E-state index in [4.69, 9.17) is 0 Å². The molecule has 6 heteroatoms. The van der Waals surface area contributed by atoms with Crippen molar-refractivity contribution in [2.45, 2.75) is 18.4 Å². The Bertz CT molecular complexity index is 396. The number of alkyl halides is 3. The maximum absolute atomic E-state index is 12.1. The summed E-state index contributed by atoms with van der Waals surface area (Å²) in [7, 11) is 0. The molecule has 3 nitrogen and oxygen atoms in total. The number of carbonyl (C=O) groups is 1. The fourth-order valence-electron chi connectivity index (χ4n) is 1.19. The maximum atomic E-state index is 12.1. The van der Waals surface area contributed by atoms with Gasteiger partial charge in [0, 0.05) is 0 Å².